The van der Waals surface area contributed by atoms with E-state index in [1.807, 2.05) is 6.07 Å². The summed E-state index contributed by atoms with van der Waals surface area (Å²) in [7, 11) is 0. The number of halogens is 1. The van der Waals surface area contributed by atoms with E-state index >= 15 is 0 Å². The van der Waals surface area contributed by atoms with Crippen LogP contribution in [0.15, 0.2) is 6.07 Å². The van der Waals surface area contributed by atoms with Crippen molar-refractivity contribution in [3.63, 3.8) is 0 Å². The molecule has 2 aliphatic rings. The van der Waals surface area contributed by atoms with E-state index in [0.29, 0.717) is 11.4 Å². The molecule has 0 fully saturated rings. The van der Waals surface area contributed by atoms with Crippen molar-refractivity contribution in [3.05, 3.63) is 17.4 Å². The van der Waals surface area contributed by atoms with E-state index in [0.717, 1.165) is 18.5 Å². The van der Waals surface area contributed by atoms with Crippen LogP contribution in [-0.2, 0) is 6.42 Å². The van der Waals surface area contributed by atoms with Gasteiger partial charge in [0.25, 0.3) is 0 Å². The number of hydrogen-bond donors (Lipinski definition) is 1. The Kier molecular flexibility index (Phi) is 1.23. The van der Waals surface area contributed by atoms with Gasteiger partial charge in [-0.2, -0.15) is 0 Å². The maximum absolute atomic E-state index is 13.6. The Bertz CT molecular complexity index is 346. The highest BCUT2D eigenvalue weighted by atomic mass is 19.1. The standard InChI is InChI=1S/C9H8FNO2/c10-7-8-5(1-2-11-8)3-6-9(7)13-4-12-6/h3,11H,1-2,4H2. The molecule has 1 aromatic rings. The molecule has 0 aliphatic carbocycles. The first-order valence-electron chi connectivity index (χ1n) is 4.21. The van der Waals surface area contributed by atoms with E-state index in [4.69, 9.17) is 9.47 Å². The zero-order chi connectivity index (χ0) is 8.84. The molecule has 0 spiro atoms. The zero-order valence-corrected chi connectivity index (χ0v) is 6.89. The minimum atomic E-state index is -0.317. The normalized spacial score (nSPS) is 17.0. The summed E-state index contributed by atoms with van der Waals surface area (Å²) in [6.45, 7) is 0.907. The molecule has 2 aliphatic heterocycles. The van der Waals surface area contributed by atoms with Crippen molar-refractivity contribution in [2.45, 2.75) is 6.42 Å². The van der Waals surface area contributed by atoms with Crippen molar-refractivity contribution < 1.29 is 13.9 Å². The Balaban J connectivity index is 2.26. The number of benzene rings is 1. The first-order valence-corrected chi connectivity index (χ1v) is 4.21. The van der Waals surface area contributed by atoms with Crippen molar-refractivity contribution in [3.8, 4) is 11.5 Å². The molecular formula is C9H8FNO2. The largest absolute Gasteiger partial charge is 0.453 e. The average molecular weight is 181 g/mol. The van der Waals surface area contributed by atoms with Crippen molar-refractivity contribution >= 4 is 5.69 Å². The van der Waals surface area contributed by atoms with Gasteiger partial charge in [-0.25, -0.2) is 4.39 Å². The third-order valence-corrected chi connectivity index (χ3v) is 2.38. The Morgan fingerprint density at radius 2 is 2.31 bits per heavy atom. The van der Waals surface area contributed by atoms with E-state index in [-0.39, 0.29) is 18.4 Å². The molecule has 0 atom stereocenters. The van der Waals surface area contributed by atoms with Crippen LogP contribution in [0.5, 0.6) is 11.5 Å². The molecule has 0 amide bonds. The monoisotopic (exact) mass is 181 g/mol. The molecule has 3 rings (SSSR count). The summed E-state index contributed by atoms with van der Waals surface area (Å²) >= 11 is 0. The van der Waals surface area contributed by atoms with Crippen molar-refractivity contribution in [1.82, 2.24) is 0 Å². The van der Waals surface area contributed by atoms with Gasteiger partial charge in [0.15, 0.2) is 11.6 Å². The molecule has 1 aromatic carbocycles. The average Bonchev–Trinajstić information content (AvgIpc) is 2.71. The molecule has 0 bridgehead atoms. The van der Waals surface area contributed by atoms with Crippen molar-refractivity contribution in [2.75, 3.05) is 18.7 Å². The minimum Gasteiger partial charge on any atom is -0.453 e. The summed E-state index contributed by atoms with van der Waals surface area (Å²) < 4.78 is 23.7. The molecule has 0 aromatic heterocycles. The molecule has 68 valence electrons. The summed E-state index contributed by atoms with van der Waals surface area (Å²) in [6.07, 6.45) is 0.850. The number of rotatable bonds is 0. The van der Waals surface area contributed by atoms with Crippen LogP contribution >= 0.6 is 0 Å². The fourth-order valence-corrected chi connectivity index (χ4v) is 1.76. The van der Waals surface area contributed by atoms with Crippen molar-refractivity contribution in [1.29, 1.82) is 0 Å². The fraction of sp³-hybridized carbons (Fsp3) is 0.333. The third kappa shape index (κ3) is 0.826. The van der Waals surface area contributed by atoms with Crippen LogP contribution in [-0.4, -0.2) is 13.3 Å². The van der Waals surface area contributed by atoms with E-state index in [2.05, 4.69) is 5.32 Å². The lowest BCUT2D eigenvalue weighted by Crippen LogP contribution is -1.96. The Morgan fingerprint density at radius 1 is 1.38 bits per heavy atom. The van der Waals surface area contributed by atoms with E-state index < -0.39 is 0 Å². The second-order valence-corrected chi connectivity index (χ2v) is 3.14. The van der Waals surface area contributed by atoms with Crippen LogP contribution in [0.4, 0.5) is 10.1 Å². The topological polar surface area (TPSA) is 30.5 Å². The van der Waals surface area contributed by atoms with Crippen LogP contribution in [0.2, 0.25) is 0 Å². The predicted molar refractivity (Wildman–Crippen MR) is 44.7 cm³/mol. The molecule has 1 N–H and O–H groups in total. The molecule has 13 heavy (non-hydrogen) atoms. The van der Waals surface area contributed by atoms with Gasteiger partial charge in [-0.1, -0.05) is 0 Å². The summed E-state index contributed by atoms with van der Waals surface area (Å²) in [5, 5.41) is 2.99. The summed E-state index contributed by atoms with van der Waals surface area (Å²) in [6, 6.07) is 1.85. The fourth-order valence-electron chi connectivity index (χ4n) is 1.76. The highest BCUT2D eigenvalue weighted by Gasteiger charge is 2.26. The van der Waals surface area contributed by atoms with Gasteiger partial charge in [0.1, 0.15) is 0 Å². The van der Waals surface area contributed by atoms with Crippen LogP contribution in [0.3, 0.4) is 0 Å². The highest BCUT2D eigenvalue weighted by Crippen LogP contribution is 2.42. The van der Waals surface area contributed by atoms with Gasteiger partial charge < -0.3 is 14.8 Å². The zero-order valence-electron chi connectivity index (χ0n) is 6.89. The van der Waals surface area contributed by atoms with Gasteiger partial charge in [0.05, 0.1) is 5.69 Å². The van der Waals surface area contributed by atoms with Crippen LogP contribution in [0, 0.1) is 5.82 Å². The maximum atomic E-state index is 13.6. The van der Waals surface area contributed by atoms with Gasteiger partial charge >= 0.3 is 0 Å². The minimum absolute atomic E-state index is 0.120. The molecule has 2 heterocycles. The summed E-state index contributed by atoms with van der Waals surface area (Å²) in [5.74, 6) is 0.454. The molecule has 4 heteroatoms. The Hall–Kier alpha value is -1.45. The van der Waals surface area contributed by atoms with Gasteiger partial charge in [-0.05, 0) is 18.1 Å². The van der Waals surface area contributed by atoms with Crippen LogP contribution < -0.4 is 14.8 Å². The second-order valence-electron chi connectivity index (χ2n) is 3.14. The van der Waals surface area contributed by atoms with E-state index in [1.165, 1.54) is 0 Å². The predicted octanol–water partition coefficient (Wildman–Crippen LogP) is 1.52. The summed E-state index contributed by atoms with van der Waals surface area (Å²) in [5.41, 5.74) is 1.55. The lowest BCUT2D eigenvalue weighted by molar-refractivity contribution is 0.171. The van der Waals surface area contributed by atoms with E-state index in [1.54, 1.807) is 0 Å². The molecule has 0 unspecified atom stereocenters. The SMILES string of the molecule is Fc1c2c(cc3c1OCO3)CCN2. The molecular weight excluding hydrogens is 173 g/mol. The van der Waals surface area contributed by atoms with Crippen LogP contribution in [0.1, 0.15) is 5.56 Å². The van der Waals surface area contributed by atoms with Gasteiger partial charge in [-0.15, -0.1) is 0 Å². The van der Waals surface area contributed by atoms with Gasteiger partial charge in [0.2, 0.25) is 12.5 Å². The number of ether oxygens (including phenoxy) is 2. The Morgan fingerprint density at radius 3 is 3.23 bits per heavy atom. The lowest BCUT2D eigenvalue weighted by atomic mass is 10.1. The first-order chi connectivity index (χ1) is 6.36. The number of nitrogens with one attached hydrogen (secondary N) is 1. The Labute approximate surface area is 74.5 Å². The lowest BCUT2D eigenvalue weighted by Gasteiger charge is -2.04. The summed E-state index contributed by atoms with van der Waals surface area (Å²) in [4.78, 5) is 0. The first kappa shape index (κ1) is 7.00. The molecule has 0 saturated heterocycles. The molecule has 3 nitrogen and oxygen atoms in total. The smallest absolute Gasteiger partial charge is 0.231 e. The second kappa shape index (κ2) is 2.28. The molecule has 0 saturated carbocycles. The highest BCUT2D eigenvalue weighted by molar-refractivity contribution is 5.65. The maximum Gasteiger partial charge on any atom is 0.231 e. The van der Waals surface area contributed by atoms with Crippen molar-refractivity contribution in [2.24, 2.45) is 0 Å². The van der Waals surface area contributed by atoms with Crippen LogP contribution in [0.25, 0.3) is 0 Å². The number of fused-ring (bicyclic) bond motifs is 2. The van der Waals surface area contributed by atoms with Gasteiger partial charge in [0, 0.05) is 6.54 Å². The third-order valence-electron chi connectivity index (χ3n) is 2.38. The number of hydrogen-bond acceptors (Lipinski definition) is 3. The quantitative estimate of drug-likeness (QED) is 0.658. The molecule has 0 radical (unpaired) electrons. The van der Waals surface area contributed by atoms with Gasteiger partial charge in [-0.3, -0.25) is 0 Å². The van der Waals surface area contributed by atoms with E-state index in [9.17, 15) is 4.39 Å². The number of anilines is 1.